The molecular weight excluding hydrogens is 370 g/mol. The van der Waals surface area contributed by atoms with Gasteiger partial charge in [-0.15, -0.1) is 0 Å². The molecule has 1 aliphatic carbocycles. The second-order valence-corrected chi connectivity index (χ2v) is 8.59. The zero-order chi connectivity index (χ0) is 19.2. The molecule has 8 heteroatoms. The first-order valence-electron chi connectivity index (χ1n) is 8.55. The van der Waals surface area contributed by atoms with Crippen LogP contribution >= 0.6 is 0 Å². The molecule has 7 nitrogen and oxygen atoms in total. The number of carbonyl (C=O) groups is 1. The van der Waals surface area contributed by atoms with E-state index in [4.69, 9.17) is 19.9 Å². The molecule has 1 fully saturated rings. The lowest BCUT2D eigenvalue weighted by molar-refractivity contribution is -0.145. The molecule has 0 bridgehead atoms. The molecule has 0 radical (unpaired) electrons. The molecular formula is C19H19NO6S. The quantitative estimate of drug-likeness (QED) is 0.775. The molecule has 27 heavy (non-hydrogen) atoms. The summed E-state index contributed by atoms with van der Waals surface area (Å²) in [5.74, 6) is -0.393. The van der Waals surface area contributed by atoms with Crippen LogP contribution in [0.1, 0.15) is 18.4 Å². The van der Waals surface area contributed by atoms with Gasteiger partial charge in [-0.1, -0.05) is 24.3 Å². The van der Waals surface area contributed by atoms with E-state index in [-0.39, 0.29) is 18.3 Å². The number of carbonyl (C=O) groups excluding carboxylic acids is 1. The van der Waals surface area contributed by atoms with Crippen molar-refractivity contribution in [3.63, 3.8) is 0 Å². The van der Waals surface area contributed by atoms with Crippen LogP contribution in [0.3, 0.4) is 0 Å². The Labute approximate surface area is 156 Å². The first-order chi connectivity index (χ1) is 12.9. The Morgan fingerprint density at radius 2 is 1.89 bits per heavy atom. The summed E-state index contributed by atoms with van der Waals surface area (Å²) in [5, 5.41) is -1.12. The van der Waals surface area contributed by atoms with E-state index in [0.717, 1.165) is 0 Å². The molecule has 0 amide bonds. The zero-order valence-corrected chi connectivity index (χ0v) is 15.4. The van der Waals surface area contributed by atoms with Gasteiger partial charge in [0.05, 0.1) is 11.5 Å². The maximum absolute atomic E-state index is 13.2. The predicted octanol–water partition coefficient (Wildman–Crippen LogP) is 1.62. The summed E-state index contributed by atoms with van der Waals surface area (Å²) in [4.78, 5) is 12.7. The van der Waals surface area contributed by atoms with Gasteiger partial charge in [0, 0.05) is 5.92 Å². The van der Waals surface area contributed by atoms with E-state index in [1.807, 2.05) is 0 Å². The Balaban J connectivity index is 1.78. The van der Waals surface area contributed by atoms with Gasteiger partial charge in [0.2, 0.25) is 6.79 Å². The van der Waals surface area contributed by atoms with Crippen LogP contribution in [0.2, 0.25) is 0 Å². The second-order valence-electron chi connectivity index (χ2n) is 6.52. The summed E-state index contributed by atoms with van der Waals surface area (Å²) >= 11 is 0. The molecule has 1 aliphatic heterocycles. The Kier molecular flexibility index (Phi) is 4.12. The van der Waals surface area contributed by atoms with Crippen LogP contribution in [0.4, 0.5) is 0 Å². The number of fused-ring (bicyclic) bond motifs is 1. The molecule has 3 atom stereocenters. The van der Waals surface area contributed by atoms with Crippen molar-refractivity contribution in [2.45, 2.75) is 28.5 Å². The van der Waals surface area contributed by atoms with Crippen molar-refractivity contribution in [3.05, 3.63) is 54.1 Å². The molecule has 142 valence electrons. The van der Waals surface area contributed by atoms with Crippen molar-refractivity contribution < 1.29 is 27.4 Å². The van der Waals surface area contributed by atoms with Crippen molar-refractivity contribution in [1.82, 2.24) is 0 Å². The Morgan fingerprint density at radius 3 is 2.59 bits per heavy atom. The lowest BCUT2D eigenvalue weighted by Crippen LogP contribution is -2.41. The van der Waals surface area contributed by atoms with E-state index < -0.39 is 32.5 Å². The van der Waals surface area contributed by atoms with Crippen LogP contribution in [0.15, 0.2) is 53.4 Å². The van der Waals surface area contributed by atoms with Gasteiger partial charge < -0.3 is 19.9 Å². The molecule has 1 heterocycles. The van der Waals surface area contributed by atoms with Crippen molar-refractivity contribution >= 4 is 15.8 Å². The molecule has 0 aromatic heterocycles. The molecule has 2 aromatic carbocycles. The van der Waals surface area contributed by atoms with Gasteiger partial charge in [-0.05, 0) is 36.8 Å². The topological polar surface area (TPSA) is 105 Å². The minimum absolute atomic E-state index is 0.0981. The van der Waals surface area contributed by atoms with Crippen LogP contribution in [0.25, 0.3) is 0 Å². The first-order valence-corrected chi connectivity index (χ1v) is 10.1. The average molecular weight is 389 g/mol. The van der Waals surface area contributed by atoms with Crippen LogP contribution < -0.4 is 15.2 Å². The van der Waals surface area contributed by atoms with Crippen molar-refractivity contribution in [2.24, 2.45) is 5.73 Å². The SMILES string of the molecule is CCOC(=O)[C@]1(N)[C@H](c2ccc3c(c2)OCO3)[C@H]1S(=O)(=O)c1ccccc1. The Hall–Kier alpha value is -2.58. The van der Waals surface area contributed by atoms with Crippen LogP contribution in [0, 0.1) is 0 Å². The third kappa shape index (κ3) is 2.67. The molecule has 2 N–H and O–H groups in total. The van der Waals surface area contributed by atoms with E-state index >= 15 is 0 Å². The van der Waals surface area contributed by atoms with Crippen molar-refractivity contribution in [2.75, 3.05) is 13.4 Å². The van der Waals surface area contributed by atoms with Crippen molar-refractivity contribution in [3.8, 4) is 11.5 Å². The fraction of sp³-hybridized carbons (Fsp3) is 0.316. The van der Waals surface area contributed by atoms with Gasteiger partial charge in [-0.2, -0.15) is 0 Å². The van der Waals surface area contributed by atoms with Crippen LogP contribution in [-0.4, -0.2) is 38.6 Å². The Bertz CT molecular complexity index is 991. The number of nitrogens with two attached hydrogens (primary N) is 1. The fourth-order valence-corrected chi connectivity index (χ4v) is 5.87. The van der Waals surface area contributed by atoms with Crippen molar-refractivity contribution in [1.29, 1.82) is 0 Å². The van der Waals surface area contributed by atoms with E-state index in [1.54, 1.807) is 43.3 Å². The summed E-state index contributed by atoms with van der Waals surface area (Å²) in [5.41, 5.74) is 5.28. The van der Waals surface area contributed by atoms with Gasteiger partial charge in [0.15, 0.2) is 21.3 Å². The Morgan fingerprint density at radius 1 is 1.19 bits per heavy atom. The third-order valence-corrected chi connectivity index (χ3v) is 7.23. The normalized spacial score (nSPS) is 25.9. The highest BCUT2D eigenvalue weighted by atomic mass is 32.2. The van der Waals surface area contributed by atoms with Gasteiger partial charge in [-0.3, -0.25) is 0 Å². The third-order valence-electron chi connectivity index (χ3n) is 4.97. The highest BCUT2D eigenvalue weighted by Gasteiger charge is 2.74. The standard InChI is InChI=1S/C19H19NO6S/c1-2-24-18(21)19(20)16(12-8-9-14-15(10-12)26-11-25-14)17(19)27(22,23)13-6-4-3-5-7-13/h3-10,16-17H,2,11,20H2,1H3/t16-,17-,19+/m1/s1. The first kappa shape index (κ1) is 17.8. The number of ether oxygens (including phenoxy) is 3. The van der Waals surface area contributed by atoms with E-state index in [2.05, 4.69) is 0 Å². The van der Waals surface area contributed by atoms with Gasteiger partial charge in [0.25, 0.3) is 0 Å². The monoisotopic (exact) mass is 389 g/mol. The largest absolute Gasteiger partial charge is 0.465 e. The maximum atomic E-state index is 13.2. The molecule has 0 unspecified atom stereocenters. The molecule has 2 aromatic rings. The van der Waals surface area contributed by atoms with E-state index in [1.165, 1.54) is 12.1 Å². The van der Waals surface area contributed by atoms with Gasteiger partial charge >= 0.3 is 5.97 Å². The molecule has 0 spiro atoms. The van der Waals surface area contributed by atoms with Crippen LogP contribution in [-0.2, 0) is 19.4 Å². The second kappa shape index (κ2) is 6.24. The van der Waals surface area contributed by atoms with E-state index in [9.17, 15) is 13.2 Å². The maximum Gasteiger partial charge on any atom is 0.328 e. The van der Waals surface area contributed by atoms with Gasteiger partial charge in [-0.25, -0.2) is 13.2 Å². The summed E-state index contributed by atoms with van der Waals surface area (Å²) in [6.07, 6.45) is 0. The highest BCUT2D eigenvalue weighted by Crippen LogP contribution is 2.57. The summed E-state index contributed by atoms with van der Waals surface area (Å²) in [6, 6.07) is 13.1. The zero-order valence-electron chi connectivity index (χ0n) is 14.6. The lowest BCUT2D eigenvalue weighted by Gasteiger charge is -2.11. The van der Waals surface area contributed by atoms with Crippen LogP contribution in [0.5, 0.6) is 11.5 Å². The summed E-state index contributed by atoms with van der Waals surface area (Å²) < 4.78 is 42.1. The molecule has 4 rings (SSSR count). The number of esters is 1. The smallest absolute Gasteiger partial charge is 0.328 e. The minimum Gasteiger partial charge on any atom is -0.465 e. The highest BCUT2D eigenvalue weighted by molar-refractivity contribution is 7.92. The number of benzene rings is 2. The van der Waals surface area contributed by atoms with E-state index in [0.29, 0.717) is 17.1 Å². The molecule has 1 saturated carbocycles. The molecule has 0 saturated heterocycles. The predicted molar refractivity (Wildman–Crippen MR) is 96.3 cm³/mol. The van der Waals surface area contributed by atoms with Gasteiger partial charge in [0.1, 0.15) is 10.8 Å². The summed E-state index contributed by atoms with van der Waals surface area (Å²) in [6.45, 7) is 1.87. The number of hydrogen-bond donors (Lipinski definition) is 1. The number of sulfone groups is 1. The minimum atomic E-state index is -3.85. The number of rotatable bonds is 5. The average Bonchev–Trinajstić information content (AvgIpc) is 3.08. The summed E-state index contributed by atoms with van der Waals surface area (Å²) in [7, 11) is -3.85. The fourth-order valence-electron chi connectivity index (χ4n) is 3.62. The lowest BCUT2D eigenvalue weighted by atomic mass is 10.1. The molecule has 2 aliphatic rings. The number of hydrogen-bond acceptors (Lipinski definition) is 7.